The summed E-state index contributed by atoms with van der Waals surface area (Å²) in [5.41, 5.74) is 6.96. The fraction of sp³-hybridized carbons (Fsp3) is 1.00. The van der Waals surface area contributed by atoms with Gasteiger partial charge in [0, 0.05) is 24.7 Å². The number of nitrogens with zero attached hydrogens (tertiary/aromatic N) is 1. The van der Waals surface area contributed by atoms with E-state index in [1.54, 1.807) is 0 Å². The molecule has 1 atom stereocenters. The zero-order valence-electron chi connectivity index (χ0n) is 8.43. The smallest absolute Gasteiger partial charge is 0.0237 e. The molecule has 0 bridgehead atoms. The Labute approximate surface area is 75.1 Å². The summed E-state index contributed by atoms with van der Waals surface area (Å²) in [7, 11) is 0. The molecule has 2 fully saturated rings. The maximum absolute atomic E-state index is 6.12. The van der Waals surface area contributed by atoms with Gasteiger partial charge in [-0.2, -0.15) is 0 Å². The average molecular weight is 168 g/mol. The van der Waals surface area contributed by atoms with Gasteiger partial charge < -0.3 is 5.73 Å². The first-order chi connectivity index (χ1) is 5.44. The van der Waals surface area contributed by atoms with E-state index in [4.69, 9.17) is 5.73 Å². The van der Waals surface area contributed by atoms with Gasteiger partial charge in [-0.05, 0) is 39.0 Å². The van der Waals surface area contributed by atoms with Crippen molar-refractivity contribution < 1.29 is 0 Å². The van der Waals surface area contributed by atoms with Crippen LogP contribution < -0.4 is 5.73 Å². The van der Waals surface area contributed by atoms with Gasteiger partial charge in [-0.15, -0.1) is 0 Å². The standard InChI is InChI=1S/C10H20N2/c1-9(2,3)12-6-8(11)10(7-12)4-5-10/h8H,4-7,11H2,1-3H3/t8-/m1/s1. The molecular weight excluding hydrogens is 148 g/mol. The van der Waals surface area contributed by atoms with Crippen molar-refractivity contribution in [1.82, 2.24) is 4.90 Å². The molecule has 0 amide bonds. The normalized spacial score (nSPS) is 34.5. The van der Waals surface area contributed by atoms with Crippen LogP contribution in [0.15, 0.2) is 0 Å². The van der Waals surface area contributed by atoms with E-state index in [1.165, 1.54) is 19.4 Å². The highest BCUT2D eigenvalue weighted by molar-refractivity contribution is 5.10. The third kappa shape index (κ3) is 1.17. The average Bonchev–Trinajstić information content (AvgIpc) is 2.57. The first-order valence-corrected chi connectivity index (χ1v) is 4.95. The van der Waals surface area contributed by atoms with E-state index < -0.39 is 0 Å². The second kappa shape index (κ2) is 2.24. The molecule has 1 heterocycles. The van der Waals surface area contributed by atoms with E-state index in [9.17, 15) is 0 Å². The number of hydrogen-bond acceptors (Lipinski definition) is 2. The zero-order valence-corrected chi connectivity index (χ0v) is 8.43. The number of likely N-dealkylation sites (tertiary alicyclic amines) is 1. The molecule has 2 heteroatoms. The highest BCUT2D eigenvalue weighted by atomic mass is 15.2. The SMILES string of the molecule is CC(C)(C)N1C[C@@H](N)C2(CC2)C1. The Hall–Kier alpha value is -0.0800. The van der Waals surface area contributed by atoms with Crippen molar-refractivity contribution >= 4 is 0 Å². The van der Waals surface area contributed by atoms with Crippen LogP contribution >= 0.6 is 0 Å². The number of rotatable bonds is 0. The van der Waals surface area contributed by atoms with Gasteiger partial charge in [-0.25, -0.2) is 0 Å². The van der Waals surface area contributed by atoms with Crippen molar-refractivity contribution in [3.05, 3.63) is 0 Å². The Morgan fingerprint density at radius 2 is 1.92 bits per heavy atom. The van der Waals surface area contributed by atoms with Gasteiger partial charge in [0.25, 0.3) is 0 Å². The fourth-order valence-electron chi connectivity index (χ4n) is 2.19. The topological polar surface area (TPSA) is 29.3 Å². The van der Waals surface area contributed by atoms with Crippen molar-refractivity contribution in [1.29, 1.82) is 0 Å². The maximum atomic E-state index is 6.12. The molecule has 1 aliphatic heterocycles. The largest absolute Gasteiger partial charge is 0.326 e. The third-order valence-electron chi connectivity index (χ3n) is 3.55. The molecule has 0 aromatic heterocycles. The first kappa shape index (κ1) is 8.52. The Morgan fingerprint density at radius 3 is 2.17 bits per heavy atom. The van der Waals surface area contributed by atoms with Gasteiger partial charge >= 0.3 is 0 Å². The molecule has 1 saturated heterocycles. The van der Waals surface area contributed by atoms with E-state index in [2.05, 4.69) is 25.7 Å². The Bertz CT molecular complexity index is 189. The summed E-state index contributed by atoms with van der Waals surface area (Å²) in [6, 6.07) is 0.441. The van der Waals surface area contributed by atoms with Crippen molar-refractivity contribution in [2.45, 2.75) is 45.2 Å². The van der Waals surface area contributed by atoms with E-state index in [0.29, 0.717) is 17.0 Å². The van der Waals surface area contributed by atoms with Crippen LogP contribution in [-0.2, 0) is 0 Å². The van der Waals surface area contributed by atoms with Gasteiger partial charge in [0.05, 0.1) is 0 Å². The minimum Gasteiger partial charge on any atom is -0.326 e. The Balaban J connectivity index is 2.06. The predicted octanol–water partition coefficient (Wildman–Crippen LogP) is 1.21. The van der Waals surface area contributed by atoms with Crippen LogP contribution in [0.5, 0.6) is 0 Å². The van der Waals surface area contributed by atoms with Crippen LogP contribution in [0.1, 0.15) is 33.6 Å². The molecule has 2 rings (SSSR count). The second-order valence-electron chi connectivity index (χ2n) is 5.52. The Morgan fingerprint density at radius 1 is 1.33 bits per heavy atom. The summed E-state index contributed by atoms with van der Waals surface area (Å²) in [4.78, 5) is 2.53. The summed E-state index contributed by atoms with van der Waals surface area (Å²) in [6.45, 7) is 9.17. The van der Waals surface area contributed by atoms with Crippen molar-refractivity contribution in [3.63, 3.8) is 0 Å². The van der Waals surface area contributed by atoms with Crippen LogP contribution in [0.25, 0.3) is 0 Å². The van der Waals surface area contributed by atoms with E-state index >= 15 is 0 Å². The van der Waals surface area contributed by atoms with Crippen molar-refractivity contribution in [2.75, 3.05) is 13.1 Å². The third-order valence-corrected chi connectivity index (χ3v) is 3.55. The van der Waals surface area contributed by atoms with Crippen LogP contribution in [0, 0.1) is 5.41 Å². The molecule has 2 aliphatic rings. The highest BCUT2D eigenvalue weighted by Crippen LogP contribution is 2.53. The van der Waals surface area contributed by atoms with Crippen LogP contribution in [-0.4, -0.2) is 29.6 Å². The monoisotopic (exact) mass is 168 g/mol. The van der Waals surface area contributed by atoms with E-state index in [0.717, 1.165) is 6.54 Å². The lowest BCUT2D eigenvalue weighted by Crippen LogP contribution is -2.40. The molecule has 1 aliphatic carbocycles. The molecule has 1 spiro atoms. The van der Waals surface area contributed by atoms with Crippen LogP contribution in [0.4, 0.5) is 0 Å². The van der Waals surface area contributed by atoms with Crippen molar-refractivity contribution in [3.8, 4) is 0 Å². The van der Waals surface area contributed by atoms with Gasteiger partial charge in [0.15, 0.2) is 0 Å². The molecular formula is C10H20N2. The Kier molecular flexibility index (Phi) is 1.59. The predicted molar refractivity (Wildman–Crippen MR) is 51.0 cm³/mol. The summed E-state index contributed by atoms with van der Waals surface area (Å²) in [5.74, 6) is 0. The second-order valence-corrected chi connectivity index (χ2v) is 5.52. The molecule has 70 valence electrons. The molecule has 0 radical (unpaired) electrons. The summed E-state index contributed by atoms with van der Waals surface area (Å²) >= 11 is 0. The number of hydrogen-bond donors (Lipinski definition) is 1. The fourth-order valence-corrected chi connectivity index (χ4v) is 2.19. The lowest BCUT2D eigenvalue weighted by Gasteiger charge is -2.31. The van der Waals surface area contributed by atoms with Crippen LogP contribution in [0.2, 0.25) is 0 Å². The lowest BCUT2D eigenvalue weighted by molar-refractivity contribution is 0.165. The summed E-state index contributed by atoms with van der Waals surface area (Å²) < 4.78 is 0. The zero-order chi connectivity index (χ0) is 8.98. The minimum absolute atomic E-state index is 0.309. The molecule has 1 saturated carbocycles. The van der Waals surface area contributed by atoms with E-state index in [-0.39, 0.29) is 0 Å². The molecule has 2 nitrogen and oxygen atoms in total. The highest BCUT2D eigenvalue weighted by Gasteiger charge is 2.54. The van der Waals surface area contributed by atoms with Gasteiger partial charge in [-0.3, -0.25) is 4.90 Å². The van der Waals surface area contributed by atoms with Gasteiger partial charge in [0.1, 0.15) is 0 Å². The summed E-state index contributed by atoms with van der Waals surface area (Å²) in [6.07, 6.45) is 2.72. The molecule has 0 aromatic rings. The van der Waals surface area contributed by atoms with Crippen LogP contribution in [0.3, 0.4) is 0 Å². The van der Waals surface area contributed by atoms with Crippen molar-refractivity contribution in [2.24, 2.45) is 11.1 Å². The maximum Gasteiger partial charge on any atom is 0.0237 e. The first-order valence-electron chi connectivity index (χ1n) is 4.95. The minimum atomic E-state index is 0.309. The number of nitrogens with two attached hydrogens (primary N) is 1. The van der Waals surface area contributed by atoms with E-state index in [1.807, 2.05) is 0 Å². The molecule has 0 aromatic carbocycles. The summed E-state index contributed by atoms with van der Waals surface area (Å²) in [5, 5.41) is 0. The van der Waals surface area contributed by atoms with Gasteiger partial charge in [0.2, 0.25) is 0 Å². The quantitative estimate of drug-likeness (QED) is 0.589. The lowest BCUT2D eigenvalue weighted by atomic mass is 10.0. The molecule has 12 heavy (non-hydrogen) atoms. The van der Waals surface area contributed by atoms with Gasteiger partial charge in [-0.1, -0.05) is 0 Å². The molecule has 0 unspecified atom stereocenters. The molecule has 2 N–H and O–H groups in total.